The van der Waals surface area contributed by atoms with Gasteiger partial charge in [-0.2, -0.15) is 0 Å². The number of nitrogens with zero attached hydrogens (tertiary/aromatic N) is 2. The Balaban J connectivity index is 0.00000272. The molecule has 0 saturated heterocycles. The molecular formula is C25H27ClN4S. The van der Waals surface area contributed by atoms with Gasteiger partial charge in [-0.3, -0.25) is 0 Å². The first-order valence-corrected chi connectivity index (χ1v) is 11.0. The van der Waals surface area contributed by atoms with Crippen LogP contribution in [0.4, 0.5) is 5.69 Å². The van der Waals surface area contributed by atoms with Gasteiger partial charge in [-0.25, -0.2) is 9.98 Å². The van der Waals surface area contributed by atoms with E-state index in [0.29, 0.717) is 11.8 Å². The van der Waals surface area contributed by atoms with Crippen LogP contribution >= 0.6 is 23.7 Å². The Hall–Kier alpha value is -2.89. The predicted molar refractivity (Wildman–Crippen MR) is 134 cm³/mol. The molecule has 4 aromatic rings. The number of amidine groups is 1. The van der Waals surface area contributed by atoms with Crippen molar-refractivity contribution in [2.45, 2.75) is 26.7 Å². The summed E-state index contributed by atoms with van der Waals surface area (Å²) in [4.78, 5) is 13.6. The molecule has 0 spiro atoms. The number of aromatic nitrogens is 2. The van der Waals surface area contributed by atoms with E-state index in [-0.39, 0.29) is 12.4 Å². The van der Waals surface area contributed by atoms with Gasteiger partial charge >= 0.3 is 0 Å². The van der Waals surface area contributed by atoms with Crippen molar-refractivity contribution >= 4 is 35.3 Å². The lowest BCUT2D eigenvalue weighted by molar-refractivity contribution is 0.647. The van der Waals surface area contributed by atoms with Crippen molar-refractivity contribution < 1.29 is 0 Å². The minimum atomic E-state index is 0. The Kier molecular flexibility index (Phi) is 7.66. The van der Waals surface area contributed by atoms with Gasteiger partial charge in [0.05, 0.1) is 22.5 Å². The largest absolute Gasteiger partial charge is 0.383 e. The Morgan fingerprint density at radius 3 is 2.55 bits per heavy atom. The molecule has 2 aromatic carbocycles. The van der Waals surface area contributed by atoms with E-state index in [2.05, 4.69) is 59.1 Å². The third-order valence-corrected chi connectivity index (χ3v) is 5.74. The zero-order valence-corrected chi connectivity index (χ0v) is 19.3. The highest BCUT2D eigenvalue weighted by atomic mass is 35.5. The van der Waals surface area contributed by atoms with E-state index in [1.807, 2.05) is 41.9 Å². The zero-order chi connectivity index (χ0) is 20.9. The maximum Gasteiger partial charge on any atom is 0.141 e. The van der Waals surface area contributed by atoms with Gasteiger partial charge < -0.3 is 10.7 Å². The van der Waals surface area contributed by atoms with Crippen molar-refractivity contribution in [3.8, 4) is 11.3 Å². The van der Waals surface area contributed by atoms with Crippen LogP contribution in [0.3, 0.4) is 0 Å². The number of aromatic amines is 1. The number of thiophene rings is 1. The molecule has 0 radical (unpaired) electrons. The second kappa shape index (κ2) is 10.4. The molecule has 160 valence electrons. The van der Waals surface area contributed by atoms with Crippen molar-refractivity contribution in [2.75, 3.05) is 0 Å². The molecule has 0 aliphatic rings. The van der Waals surface area contributed by atoms with Gasteiger partial charge in [-0.15, -0.1) is 23.7 Å². The summed E-state index contributed by atoms with van der Waals surface area (Å²) in [6.45, 7) is 4.49. The van der Waals surface area contributed by atoms with Gasteiger partial charge in [0, 0.05) is 12.0 Å². The van der Waals surface area contributed by atoms with Crippen molar-refractivity contribution in [3.63, 3.8) is 0 Å². The fraction of sp³-hybridized carbons (Fsp3) is 0.200. The van der Waals surface area contributed by atoms with Crippen LogP contribution in [0.2, 0.25) is 0 Å². The molecule has 3 N–H and O–H groups in total. The summed E-state index contributed by atoms with van der Waals surface area (Å²) < 4.78 is 0. The number of benzene rings is 2. The molecule has 0 fully saturated rings. The van der Waals surface area contributed by atoms with E-state index in [0.717, 1.165) is 40.5 Å². The molecule has 4 rings (SSSR count). The number of imidazole rings is 1. The lowest BCUT2D eigenvalue weighted by Gasteiger charge is -2.06. The van der Waals surface area contributed by atoms with Crippen LogP contribution < -0.4 is 5.73 Å². The molecule has 2 aromatic heterocycles. The van der Waals surface area contributed by atoms with Crippen LogP contribution in [0.1, 0.15) is 35.7 Å². The monoisotopic (exact) mass is 450 g/mol. The third-order valence-electron chi connectivity index (χ3n) is 4.85. The standard InChI is InChI=1S/C25H26N4S.ClH/c1-17(2)13-18-8-10-19(11-9-18)14-24-27-16-22(29-24)20-5-3-6-21(15-20)28-25(26)23-7-4-12-30-23;/h3-12,15-17H,13-14H2,1-2H3,(H2,26,28)(H,27,29);1H. The van der Waals surface area contributed by atoms with Crippen LogP contribution in [0.25, 0.3) is 11.3 Å². The lowest BCUT2D eigenvalue weighted by Crippen LogP contribution is -2.10. The van der Waals surface area contributed by atoms with E-state index >= 15 is 0 Å². The van der Waals surface area contributed by atoms with Gasteiger partial charge in [0.15, 0.2) is 0 Å². The Labute approximate surface area is 193 Å². The van der Waals surface area contributed by atoms with Gasteiger partial charge in [0.1, 0.15) is 11.7 Å². The molecule has 4 nitrogen and oxygen atoms in total. The number of rotatable bonds is 7. The summed E-state index contributed by atoms with van der Waals surface area (Å²) in [5.74, 6) is 2.16. The molecule has 0 amide bonds. The molecule has 0 atom stereocenters. The summed E-state index contributed by atoms with van der Waals surface area (Å²) in [5.41, 5.74) is 11.6. The van der Waals surface area contributed by atoms with Crippen LogP contribution in [0.5, 0.6) is 0 Å². The predicted octanol–water partition coefficient (Wildman–Crippen LogP) is 6.39. The van der Waals surface area contributed by atoms with Crippen LogP contribution in [-0.2, 0) is 12.8 Å². The molecule has 0 aliphatic carbocycles. The summed E-state index contributed by atoms with van der Waals surface area (Å²) in [6, 6.07) is 20.8. The highest BCUT2D eigenvalue weighted by Gasteiger charge is 2.07. The summed E-state index contributed by atoms with van der Waals surface area (Å²) in [6.07, 6.45) is 3.78. The van der Waals surface area contributed by atoms with Crippen LogP contribution in [0, 0.1) is 5.92 Å². The molecule has 31 heavy (non-hydrogen) atoms. The molecule has 0 saturated carbocycles. The summed E-state index contributed by atoms with van der Waals surface area (Å²) in [5, 5.41) is 2.00. The number of aliphatic imine (C=N–C) groups is 1. The Morgan fingerprint density at radius 2 is 1.84 bits per heavy atom. The van der Waals surface area contributed by atoms with Crippen LogP contribution in [-0.4, -0.2) is 15.8 Å². The highest BCUT2D eigenvalue weighted by Crippen LogP contribution is 2.24. The maximum atomic E-state index is 6.13. The molecule has 6 heteroatoms. The number of hydrogen-bond donors (Lipinski definition) is 2. The van der Waals surface area contributed by atoms with Gasteiger partial charge in [-0.05, 0) is 47.0 Å². The SMILES string of the molecule is CC(C)Cc1ccc(Cc2ncc(-c3cccc(N=C(N)c4cccs4)c3)[nH]2)cc1.Cl. The van der Waals surface area contributed by atoms with Gasteiger partial charge in [-0.1, -0.05) is 56.3 Å². The average Bonchev–Trinajstić information content (AvgIpc) is 3.42. The zero-order valence-electron chi connectivity index (χ0n) is 17.7. The topological polar surface area (TPSA) is 67.1 Å². The van der Waals surface area contributed by atoms with E-state index in [1.165, 1.54) is 11.1 Å². The molecule has 0 aliphatic heterocycles. The maximum absolute atomic E-state index is 6.13. The number of nitrogens with two attached hydrogens (primary N) is 1. The smallest absolute Gasteiger partial charge is 0.141 e. The van der Waals surface area contributed by atoms with Crippen molar-refractivity contribution in [2.24, 2.45) is 16.6 Å². The average molecular weight is 451 g/mol. The minimum Gasteiger partial charge on any atom is -0.383 e. The normalized spacial score (nSPS) is 11.5. The third kappa shape index (κ3) is 6.06. The fourth-order valence-electron chi connectivity index (χ4n) is 3.42. The summed E-state index contributed by atoms with van der Waals surface area (Å²) >= 11 is 1.59. The van der Waals surface area contributed by atoms with E-state index in [4.69, 9.17) is 5.73 Å². The van der Waals surface area contributed by atoms with Gasteiger partial charge in [0.25, 0.3) is 0 Å². The molecule has 0 unspecified atom stereocenters. The Bertz CT molecular complexity index is 1130. The fourth-order valence-corrected chi connectivity index (χ4v) is 4.05. The first-order valence-electron chi connectivity index (χ1n) is 10.2. The first-order chi connectivity index (χ1) is 14.6. The summed E-state index contributed by atoms with van der Waals surface area (Å²) in [7, 11) is 0. The van der Waals surface area contributed by atoms with E-state index < -0.39 is 0 Å². The number of H-pyrrole nitrogens is 1. The number of nitrogens with one attached hydrogen (secondary N) is 1. The Morgan fingerprint density at radius 1 is 1.06 bits per heavy atom. The number of halogens is 1. The highest BCUT2D eigenvalue weighted by molar-refractivity contribution is 7.12. The van der Waals surface area contributed by atoms with E-state index in [1.54, 1.807) is 11.3 Å². The second-order valence-corrected chi connectivity index (χ2v) is 8.81. The minimum absolute atomic E-state index is 0. The molecular weight excluding hydrogens is 424 g/mol. The first kappa shape index (κ1) is 22.8. The second-order valence-electron chi connectivity index (χ2n) is 7.86. The van der Waals surface area contributed by atoms with E-state index in [9.17, 15) is 0 Å². The quantitative estimate of drug-likeness (QED) is 0.253. The van der Waals surface area contributed by atoms with Gasteiger partial charge in [0.2, 0.25) is 0 Å². The molecule has 2 heterocycles. The molecule has 0 bridgehead atoms. The van der Waals surface area contributed by atoms with Crippen molar-refractivity contribution in [3.05, 3.63) is 94.1 Å². The lowest BCUT2D eigenvalue weighted by atomic mass is 10.0. The van der Waals surface area contributed by atoms with Crippen LogP contribution in [0.15, 0.2) is 77.2 Å². The van der Waals surface area contributed by atoms with Crippen molar-refractivity contribution in [1.29, 1.82) is 0 Å². The number of hydrogen-bond acceptors (Lipinski definition) is 3. The van der Waals surface area contributed by atoms with Crippen molar-refractivity contribution in [1.82, 2.24) is 9.97 Å².